The van der Waals surface area contributed by atoms with Gasteiger partial charge < -0.3 is 15.4 Å². The summed E-state index contributed by atoms with van der Waals surface area (Å²) in [4.78, 5) is 60.7. The molecule has 2 aliphatic rings. The van der Waals surface area contributed by atoms with Gasteiger partial charge in [-0.25, -0.2) is 9.78 Å². The lowest BCUT2D eigenvalue weighted by Crippen LogP contribution is -2.53. The number of hydrogen-bond acceptors (Lipinski definition) is 10. The third-order valence-electron chi connectivity index (χ3n) is 7.01. The SMILES string of the molecule is CCCCCCCC(=O)SCCCC=CC1CC(=O)NCc2nc(cs2)C2=NC(C)(CS2)C(=O)NC(C(C)C)C(=O)O1. The molecule has 0 spiro atoms. The van der Waals surface area contributed by atoms with Crippen LogP contribution in [0.2, 0.25) is 0 Å². The summed E-state index contributed by atoms with van der Waals surface area (Å²) in [6.45, 7) is 7.86. The molecule has 0 saturated heterocycles. The van der Waals surface area contributed by atoms with Gasteiger partial charge in [0.15, 0.2) is 5.12 Å². The standard InChI is InChI=1S/C30H44N4O5S3/c1-5-6-7-8-11-14-25(36)40-15-12-9-10-13-21-16-23(35)31-17-24-32-22(18-41-24)27-34-30(4,19-42-27)29(38)33-26(20(2)3)28(37)39-21/h10,13,18,20-21,26H,5-9,11-12,14-17,19H2,1-4H3,(H,31,35)(H,33,38). The first kappa shape index (κ1) is 34.3. The van der Waals surface area contributed by atoms with E-state index in [0.717, 1.165) is 30.0 Å². The van der Waals surface area contributed by atoms with Crippen LogP contribution >= 0.6 is 34.9 Å². The normalized spacial score (nSPS) is 23.5. The van der Waals surface area contributed by atoms with E-state index in [1.165, 1.54) is 54.1 Å². The molecule has 0 radical (unpaired) electrons. The van der Waals surface area contributed by atoms with E-state index in [2.05, 4.69) is 27.5 Å². The monoisotopic (exact) mass is 636 g/mol. The Morgan fingerprint density at radius 1 is 1.21 bits per heavy atom. The van der Waals surface area contributed by atoms with Gasteiger partial charge in [-0.3, -0.25) is 19.4 Å². The van der Waals surface area contributed by atoms with Crippen LogP contribution in [0.25, 0.3) is 0 Å². The summed E-state index contributed by atoms with van der Waals surface area (Å²) < 4.78 is 5.79. The second kappa shape index (κ2) is 17.2. The highest BCUT2D eigenvalue weighted by Crippen LogP contribution is 2.32. The molecule has 0 aromatic carbocycles. The Hall–Kier alpha value is -2.18. The van der Waals surface area contributed by atoms with Crippen molar-refractivity contribution < 1.29 is 23.9 Å². The molecule has 12 heteroatoms. The molecule has 0 fully saturated rings. The molecule has 2 N–H and O–H groups in total. The summed E-state index contributed by atoms with van der Waals surface area (Å²) in [6.07, 6.45) is 10.5. The number of amides is 2. The van der Waals surface area contributed by atoms with Gasteiger partial charge in [-0.15, -0.1) is 23.1 Å². The number of esters is 1. The fourth-order valence-corrected chi connectivity index (χ4v) is 7.16. The van der Waals surface area contributed by atoms with E-state index < -0.39 is 23.7 Å². The van der Waals surface area contributed by atoms with Gasteiger partial charge in [0.05, 0.1) is 13.0 Å². The van der Waals surface area contributed by atoms with Crippen LogP contribution in [0.3, 0.4) is 0 Å². The molecule has 1 aromatic rings. The molecule has 232 valence electrons. The molecular weight excluding hydrogens is 593 g/mol. The maximum atomic E-state index is 13.3. The molecule has 2 aliphatic heterocycles. The number of fused-ring (bicyclic) bond motifs is 4. The zero-order valence-corrected chi connectivity index (χ0v) is 27.6. The number of cyclic esters (lactones) is 1. The molecule has 3 unspecified atom stereocenters. The number of ether oxygens (including phenoxy) is 1. The molecule has 3 rings (SSSR count). The third kappa shape index (κ3) is 10.8. The van der Waals surface area contributed by atoms with Gasteiger partial charge in [0.25, 0.3) is 0 Å². The Balaban J connectivity index is 1.62. The zero-order chi connectivity index (χ0) is 30.5. The molecule has 0 saturated carbocycles. The molecule has 4 bridgehead atoms. The maximum absolute atomic E-state index is 13.3. The first-order valence-corrected chi connectivity index (χ1v) is 17.7. The summed E-state index contributed by atoms with van der Waals surface area (Å²) in [7, 11) is 0. The molecule has 1 aromatic heterocycles. The van der Waals surface area contributed by atoms with Crippen LogP contribution in [0, 0.1) is 5.92 Å². The number of nitrogens with one attached hydrogen (secondary N) is 2. The number of carbonyl (C=O) groups excluding carboxylic acids is 4. The van der Waals surface area contributed by atoms with E-state index >= 15 is 0 Å². The highest BCUT2D eigenvalue weighted by Gasteiger charge is 2.41. The third-order valence-corrected chi connectivity index (χ3v) is 10.2. The Labute approximate surface area is 261 Å². The molecular formula is C30H44N4O5S3. The largest absolute Gasteiger partial charge is 0.456 e. The Morgan fingerprint density at radius 2 is 2.00 bits per heavy atom. The highest BCUT2D eigenvalue weighted by molar-refractivity contribution is 8.14. The summed E-state index contributed by atoms with van der Waals surface area (Å²) in [5.74, 6) is -0.281. The number of unbranched alkanes of at least 4 members (excludes halogenated alkanes) is 5. The van der Waals surface area contributed by atoms with Crippen LogP contribution in [0.4, 0.5) is 0 Å². The lowest BCUT2D eigenvalue weighted by molar-refractivity contribution is -0.153. The van der Waals surface area contributed by atoms with Gasteiger partial charge >= 0.3 is 5.97 Å². The van der Waals surface area contributed by atoms with Crippen molar-refractivity contribution in [1.82, 2.24) is 15.6 Å². The summed E-state index contributed by atoms with van der Waals surface area (Å²) >= 11 is 4.24. The van der Waals surface area contributed by atoms with Crippen LogP contribution in [0.5, 0.6) is 0 Å². The first-order chi connectivity index (χ1) is 20.1. The quantitative estimate of drug-likeness (QED) is 0.177. The number of aliphatic imine (C=N–C) groups is 1. The van der Waals surface area contributed by atoms with Crippen molar-refractivity contribution in [2.24, 2.45) is 10.9 Å². The number of thiazole rings is 1. The molecule has 0 aliphatic carbocycles. The first-order valence-electron chi connectivity index (χ1n) is 14.9. The van der Waals surface area contributed by atoms with Gasteiger partial charge in [0, 0.05) is 23.3 Å². The van der Waals surface area contributed by atoms with Crippen LogP contribution in [0.15, 0.2) is 22.5 Å². The van der Waals surface area contributed by atoms with Crippen molar-refractivity contribution in [2.75, 3.05) is 11.5 Å². The second-order valence-electron chi connectivity index (χ2n) is 11.2. The number of aromatic nitrogens is 1. The van der Waals surface area contributed by atoms with Gasteiger partial charge in [-0.1, -0.05) is 64.3 Å². The van der Waals surface area contributed by atoms with E-state index in [4.69, 9.17) is 4.74 Å². The predicted molar refractivity (Wildman–Crippen MR) is 172 cm³/mol. The maximum Gasteiger partial charge on any atom is 0.329 e. The summed E-state index contributed by atoms with van der Waals surface area (Å²) in [6, 6.07) is -0.888. The number of rotatable bonds is 12. The van der Waals surface area contributed by atoms with E-state index in [0.29, 0.717) is 29.3 Å². The van der Waals surface area contributed by atoms with E-state index in [1.54, 1.807) is 13.0 Å². The van der Waals surface area contributed by atoms with Crippen molar-refractivity contribution in [3.63, 3.8) is 0 Å². The average molecular weight is 637 g/mol. The number of carbonyl (C=O) groups is 4. The van der Waals surface area contributed by atoms with Crippen LogP contribution in [-0.4, -0.2) is 62.1 Å². The van der Waals surface area contributed by atoms with Gasteiger partial charge in [-0.2, -0.15) is 0 Å². The fraction of sp³-hybridized carbons (Fsp3) is 0.667. The molecule has 3 heterocycles. The molecule has 3 atom stereocenters. The lowest BCUT2D eigenvalue weighted by atomic mass is 10.0. The lowest BCUT2D eigenvalue weighted by Gasteiger charge is -2.27. The van der Waals surface area contributed by atoms with Crippen LogP contribution in [-0.2, 0) is 30.5 Å². The van der Waals surface area contributed by atoms with Crippen molar-refractivity contribution in [2.45, 2.75) is 110 Å². The number of nitrogens with zero attached hydrogens (tertiary/aromatic N) is 2. The topological polar surface area (TPSA) is 127 Å². The number of hydrogen-bond donors (Lipinski definition) is 2. The molecule has 42 heavy (non-hydrogen) atoms. The van der Waals surface area contributed by atoms with E-state index in [-0.39, 0.29) is 35.8 Å². The van der Waals surface area contributed by atoms with Crippen molar-refractivity contribution >= 4 is 62.8 Å². The fourth-order valence-electron chi connectivity index (χ4n) is 4.41. The predicted octanol–water partition coefficient (Wildman–Crippen LogP) is 5.42. The van der Waals surface area contributed by atoms with Crippen molar-refractivity contribution in [3.8, 4) is 0 Å². The Kier molecular flexibility index (Phi) is 14.1. The van der Waals surface area contributed by atoms with Crippen LogP contribution in [0.1, 0.15) is 96.2 Å². The highest BCUT2D eigenvalue weighted by atomic mass is 32.2. The van der Waals surface area contributed by atoms with Gasteiger partial charge in [-0.05, 0) is 38.2 Å². The van der Waals surface area contributed by atoms with Crippen LogP contribution < -0.4 is 10.6 Å². The average Bonchev–Trinajstić information content (AvgIpc) is 3.59. The zero-order valence-electron chi connectivity index (χ0n) is 25.1. The van der Waals surface area contributed by atoms with Crippen molar-refractivity contribution in [1.29, 1.82) is 0 Å². The van der Waals surface area contributed by atoms with E-state index in [9.17, 15) is 19.2 Å². The second-order valence-corrected chi connectivity index (χ2v) is 14.3. The minimum absolute atomic E-state index is 0.0508. The Morgan fingerprint density at radius 3 is 2.76 bits per heavy atom. The van der Waals surface area contributed by atoms with E-state index in [1.807, 2.05) is 25.3 Å². The van der Waals surface area contributed by atoms with Gasteiger partial charge in [0.2, 0.25) is 11.8 Å². The minimum Gasteiger partial charge on any atom is -0.456 e. The summed E-state index contributed by atoms with van der Waals surface area (Å²) in [5.41, 5.74) is -0.346. The number of thioether (sulfide) groups is 2. The summed E-state index contributed by atoms with van der Waals surface area (Å²) in [5, 5.41) is 9.24. The smallest absolute Gasteiger partial charge is 0.329 e. The molecule has 2 amide bonds. The minimum atomic E-state index is -1.03. The number of allylic oxidation sites excluding steroid dienone is 1. The van der Waals surface area contributed by atoms with Crippen molar-refractivity contribution in [3.05, 3.63) is 28.2 Å². The Bertz CT molecular complexity index is 1150. The molecule has 9 nitrogen and oxygen atoms in total. The van der Waals surface area contributed by atoms with Gasteiger partial charge in [0.1, 0.15) is 33.4 Å².